The van der Waals surface area contributed by atoms with E-state index < -0.39 is 0 Å². The van der Waals surface area contributed by atoms with Crippen LogP contribution in [-0.2, 0) is 13.2 Å². The molecule has 0 spiro atoms. The van der Waals surface area contributed by atoms with E-state index in [9.17, 15) is 0 Å². The quantitative estimate of drug-likeness (QED) is 0.845. The van der Waals surface area contributed by atoms with E-state index in [4.69, 9.17) is 9.84 Å². The van der Waals surface area contributed by atoms with Gasteiger partial charge in [-0.15, -0.1) is 10.2 Å². The summed E-state index contributed by atoms with van der Waals surface area (Å²) in [7, 11) is 1.80. The smallest absolute Gasteiger partial charge is 0.205 e. The zero-order chi connectivity index (χ0) is 12.1. The Hall–Kier alpha value is -1.66. The van der Waals surface area contributed by atoms with E-state index in [0.717, 1.165) is 21.5 Å². The number of aliphatic hydroxyl groups excluding tert-OH is 1. The summed E-state index contributed by atoms with van der Waals surface area (Å²) in [5, 5.41) is 21.3. The highest BCUT2D eigenvalue weighted by atomic mass is 32.1. The van der Waals surface area contributed by atoms with Gasteiger partial charge in [-0.3, -0.25) is 0 Å². The van der Waals surface area contributed by atoms with Gasteiger partial charge in [0.25, 0.3) is 0 Å². The van der Waals surface area contributed by atoms with Gasteiger partial charge in [-0.2, -0.15) is 0 Å². The fourth-order valence-corrected chi connectivity index (χ4v) is 1.86. The van der Waals surface area contributed by atoms with Crippen molar-refractivity contribution < 1.29 is 9.84 Å². The van der Waals surface area contributed by atoms with Crippen molar-refractivity contribution in [3.63, 3.8) is 0 Å². The lowest BCUT2D eigenvalue weighted by atomic mass is 10.2. The molecule has 2 rings (SSSR count). The largest absolute Gasteiger partial charge is 0.486 e. The Morgan fingerprint density at radius 1 is 1.29 bits per heavy atom. The predicted octanol–water partition coefficient (Wildman–Crippen LogP) is 1.65. The zero-order valence-electron chi connectivity index (χ0n) is 9.38. The molecule has 1 aromatic heterocycles. The molecular weight excluding hydrogens is 238 g/mol. The van der Waals surface area contributed by atoms with Crippen LogP contribution in [0.4, 0.5) is 5.13 Å². The van der Waals surface area contributed by atoms with Gasteiger partial charge in [-0.05, 0) is 17.7 Å². The first-order valence-electron chi connectivity index (χ1n) is 5.14. The maximum absolute atomic E-state index is 8.90. The van der Waals surface area contributed by atoms with Crippen LogP contribution in [0.25, 0.3) is 0 Å². The zero-order valence-corrected chi connectivity index (χ0v) is 10.2. The minimum Gasteiger partial charge on any atom is -0.486 e. The summed E-state index contributed by atoms with van der Waals surface area (Å²) in [5.41, 5.74) is 0.866. The fourth-order valence-electron chi connectivity index (χ4n) is 1.25. The van der Waals surface area contributed by atoms with Crippen molar-refractivity contribution in [1.82, 2.24) is 10.2 Å². The molecule has 2 N–H and O–H groups in total. The van der Waals surface area contributed by atoms with E-state index in [1.807, 2.05) is 24.3 Å². The first-order valence-corrected chi connectivity index (χ1v) is 5.96. The lowest BCUT2D eigenvalue weighted by Gasteiger charge is -2.03. The molecule has 0 saturated carbocycles. The molecule has 1 heterocycles. The molecule has 90 valence electrons. The second-order valence-electron chi connectivity index (χ2n) is 3.34. The Kier molecular flexibility index (Phi) is 3.89. The Morgan fingerprint density at radius 3 is 2.65 bits per heavy atom. The van der Waals surface area contributed by atoms with Crippen molar-refractivity contribution in [2.24, 2.45) is 0 Å². The fraction of sp³-hybridized carbons (Fsp3) is 0.273. The van der Waals surface area contributed by atoms with E-state index in [0.29, 0.717) is 6.61 Å². The third kappa shape index (κ3) is 3.15. The number of benzene rings is 1. The number of rotatable bonds is 5. The Labute approximate surface area is 103 Å². The summed E-state index contributed by atoms with van der Waals surface area (Å²) >= 11 is 1.46. The highest BCUT2D eigenvalue weighted by molar-refractivity contribution is 7.15. The molecule has 0 radical (unpaired) electrons. The molecular formula is C11H13N3O2S. The normalized spacial score (nSPS) is 10.2. The molecule has 0 saturated heterocycles. The highest BCUT2D eigenvalue weighted by Gasteiger charge is 2.03. The number of hydrogen-bond acceptors (Lipinski definition) is 6. The molecule has 0 amide bonds. The van der Waals surface area contributed by atoms with Gasteiger partial charge in [0.2, 0.25) is 5.13 Å². The van der Waals surface area contributed by atoms with Crippen molar-refractivity contribution in [3.8, 4) is 5.75 Å². The van der Waals surface area contributed by atoms with Gasteiger partial charge in [0.15, 0.2) is 5.01 Å². The van der Waals surface area contributed by atoms with E-state index in [1.54, 1.807) is 7.05 Å². The topological polar surface area (TPSA) is 67.3 Å². The summed E-state index contributed by atoms with van der Waals surface area (Å²) in [6.45, 7) is 0.444. The van der Waals surface area contributed by atoms with Crippen molar-refractivity contribution in [3.05, 3.63) is 34.8 Å². The first kappa shape index (κ1) is 11.8. The van der Waals surface area contributed by atoms with E-state index in [1.165, 1.54) is 11.3 Å². The number of aliphatic hydroxyl groups is 1. The van der Waals surface area contributed by atoms with Crippen molar-refractivity contribution in [2.75, 3.05) is 12.4 Å². The molecule has 1 aromatic carbocycles. The second-order valence-corrected chi connectivity index (χ2v) is 4.40. The minimum absolute atomic E-state index is 0.0439. The van der Waals surface area contributed by atoms with Crippen LogP contribution in [0.1, 0.15) is 10.6 Å². The van der Waals surface area contributed by atoms with Gasteiger partial charge in [0, 0.05) is 7.05 Å². The van der Waals surface area contributed by atoms with Crippen LogP contribution in [0.5, 0.6) is 5.75 Å². The van der Waals surface area contributed by atoms with E-state index >= 15 is 0 Å². The standard InChI is InChI=1S/C11H13N3O2S/c1-12-11-14-13-10(17-11)7-16-9-4-2-8(6-15)3-5-9/h2-5,15H,6-7H2,1H3,(H,12,14). The van der Waals surface area contributed by atoms with Crippen LogP contribution in [-0.4, -0.2) is 22.4 Å². The molecule has 5 nitrogen and oxygen atoms in total. The molecule has 0 atom stereocenters. The summed E-state index contributed by atoms with van der Waals surface area (Å²) < 4.78 is 5.55. The van der Waals surface area contributed by atoms with Crippen molar-refractivity contribution in [2.45, 2.75) is 13.2 Å². The molecule has 17 heavy (non-hydrogen) atoms. The molecule has 6 heteroatoms. The monoisotopic (exact) mass is 251 g/mol. The van der Waals surface area contributed by atoms with E-state index in [-0.39, 0.29) is 6.61 Å². The van der Waals surface area contributed by atoms with Crippen LogP contribution in [0.3, 0.4) is 0 Å². The number of nitrogens with one attached hydrogen (secondary N) is 1. The molecule has 0 aliphatic rings. The second kappa shape index (κ2) is 5.60. The average Bonchev–Trinajstić information content (AvgIpc) is 2.85. The maximum Gasteiger partial charge on any atom is 0.205 e. The van der Waals surface area contributed by atoms with Crippen LogP contribution < -0.4 is 10.1 Å². The van der Waals surface area contributed by atoms with Gasteiger partial charge in [0.1, 0.15) is 12.4 Å². The van der Waals surface area contributed by atoms with Crippen LogP contribution in [0.15, 0.2) is 24.3 Å². The summed E-state index contributed by atoms with van der Waals surface area (Å²) in [6, 6.07) is 7.31. The Bertz CT molecular complexity index is 470. The van der Waals surface area contributed by atoms with Crippen LogP contribution >= 0.6 is 11.3 Å². The van der Waals surface area contributed by atoms with Gasteiger partial charge >= 0.3 is 0 Å². The summed E-state index contributed by atoms with van der Waals surface area (Å²) in [4.78, 5) is 0. The number of ether oxygens (including phenoxy) is 1. The third-order valence-electron chi connectivity index (χ3n) is 2.15. The van der Waals surface area contributed by atoms with Gasteiger partial charge in [0.05, 0.1) is 6.61 Å². The first-order chi connectivity index (χ1) is 8.31. The minimum atomic E-state index is 0.0439. The van der Waals surface area contributed by atoms with Crippen molar-refractivity contribution in [1.29, 1.82) is 0 Å². The molecule has 0 bridgehead atoms. The Balaban J connectivity index is 1.92. The van der Waals surface area contributed by atoms with E-state index in [2.05, 4.69) is 15.5 Å². The molecule has 2 aromatic rings. The van der Waals surface area contributed by atoms with Crippen LogP contribution in [0, 0.1) is 0 Å². The third-order valence-corrected chi connectivity index (χ3v) is 3.06. The molecule has 0 fully saturated rings. The number of anilines is 1. The van der Waals surface area contributed by atoms with Crippen LogP contribution in [0.2, 0.25) is 0 Å². The highest BCUT2D eigenvalue weighted by Crippen LogP contribution is 2.18. The molecule has 0 aliphatic heterocycles. The molecule has 0 aliphatic carbocycles. The summed E-state index contributed by atoms with van der Waals surface area (Å²) in [6.07, 6.45) is 0. The number of aromatic nitrogens is 2. The van der Waals surface area contributed by atoms with Gasteiger partial charge in [-0.25, -0.2) is 0 Å². The Morgan fingerprint density at radius 2 is 2.06 bits per heavy atom. The number of hydrogen-bond donors (Lipinski definition) is 2. The lowest BCUT2D eigenvalue weighted by molar-refractivity contribution is 0.280. The SMILES string of the molecule is CNc1nnc(COc2ccc(CO)cc2)s1. The summed E-state index contributed by atoms with van der Waals surface area (Å²) in [5.74, 6) is 0.753. The number of nitrogens with zero attached hydrogens (tertiary/aromatic N) is 2. The van der Waals surface area contributed by atoms with Gasteiger partial charge in [-0.1, -0.05) is 23.5 Å². The maximum atomic E-state index is 8.90. The predicted molar refractivity (Wildman–Crippen MR) is 66.2 cm³/mol. The van der Waals surface area contributed by atoms with Crippen molar-refractivity contribution >= 4 is 16.5 Å². The lowest BCUT2D eigenvalue weighted by Crippen LogP contribution is -1.95. The van der Waals surface area contributed by atoms with Gasteiger partial charge < -0.3 is 15.2 Å². The molecule has 0 unspecified atom stereocenters. The average molecular weight is 251 g/mol.